The van der Waals surface area contributed by atoms with Gasteiger partial charge in [0.25, 0.3) is 0 Å². The highest BCUT2D eigenvalue weighted by Crippen LogP contribution is 2.51. The summed E-state index contributed by atoms with van der Waals surface area (Å²) >= 11 is 7.94. The summed E-state index contributed by atoms with van der Waals surface area (Å²) in [6.07, 6.45) is 1.70. The van der Waals surface area contributed by atoms with Gasteiger partial charge in [-0.3, -0.25) is 0 Å². The number of thioether (sulfide) groups is 1. The normalized spacial score (nSPS) is 18.6. The summed E-state index contributed by atoms with van der Waals surface area (Å²) in [7, 11) is 0. The number of nitrogens with zero attached hydrogens (tertiary/aromatic N) is 3. The number of benzene rings is 3. The molecule has 4 aromatic rings. The summed E-state index contributed by atoms with van der Waals surface area (Å²) < 4.78 is 8.62. The first kappa shape index (κ1) is 20.4. The van der Waals surface area contributed by atoms with Crippen molar-refractivity contribution in [2.45, 2.75) is 24.2 Å². The molecule has 0 saturated carbocycles. The van der Waals surface area contributed by atoms with Crippen LogP contribution in [0.2, 0.25) is 5.02 Å². The molecule has 0 amide bonds. The third kappa shape index (κ3) is 3.41. The van der Waals surface area contributed by atoms with Gasteiger partial charge in [-0.25, -0.2) is 4.68 Å². The standard InChI is InChI=1S/C26H21ClN4OS/c1-15-8-10-16(11-9-15)23-21-22(28-25-29-26(33-2)30-31(23)25)19-14-18(27)12-13-20(19)32-24(21)17-6-4-3-5-7-17/h3-14,23-24H,1-2H3,(H,28,29,30)/t23-,24+/m0/s1. The van der Waals surface area contributed by atoms with E-state index in [1.807, 2.05) is 47.3 Å². The highest BCUT2D eigenvalue weighted by molar-refractivity contribution is 7.98. The minimum absolute atomic E-state index is 0.178. The molecule has 1 aromatic heterocycles. The van der Waals surface area contributed by atoms with Gasteiger partial charge in [0.05, 0.1) is 5.70 Å². The van der Waals surface area contributed by atoms with Crippen molar-refractivity contribution >= 4 is 35.0 Å². The van der Waals surface area contributed by atoms with E-state index >= 15 is 0 Å². The number of aryl methyl sites for hydroxylation is 1. The lowest BCUT2D eigenvalue weighted by atomic mass is 9.84. The molecule has 0 spiro atoms. The Morgan fingerprint density at radius 1 is 1.00 bits per heavy atom. The van der Waals surface area contributed by atoms with Crippen molar-refractivity contribution in [1.29, 1.82) is 0 Å². The van der Waals surface area contributed by atoms with E-state index in [-0.39, 0.29) is 12.1 Å². The molecule has 1 N–H and O–H groups in total. The molecule has 33 heavy (non-hydrogen) atoms. The van der Waals surface area contributed by atoms with Crippen LogP contribution in [0.4, 0.5) is 5.95 Å². The van der Waals surface area contributed by atoms with Crippen LogP contribution in [-0.2, 0) is 0 Å². The van der Waals surface area contributed by atoms with E-state index < -0.39 is 0 Å². The van der Waals surface area contributed by atoms with Gasteiger partial charge in [-0.2, -0.15) is 4.98 Å². The first-order valence-electron chi connectivity index (χ1n) is 10.7. The van der Waals surface area contributed by atoms with Crippen LogP contribution in [0.3, 0.4) is 0 Å². The fourth-order valence-corrected chi connectivity index (χ4v) is 5.06. The maximum Gasteiger partial charge on any atom is 0.227 e. The van der Waals surface area contributed by atoms with Gasteiger partial charge in [-0.05, 0) is 42.5 Å². The fourth-order valence-electron chi connectivity index (χ4n) is 4.54. The topological polar surface area (TPSA) is 52.0 Å². The van der Waals surface area contributed by atoms with Crippen molar-refractivity contribution in [1.82, 2.24) is 14.8 Å². The Morgan fingerprint density at radius 3 is 2.55 bits per heavy atom. The van der Waals surface area contributed by atoms with Crippen molar-refractivity contribution in [2.24, 2.45) is 0 Å². The predicted molar refractivity (Wildman–Crippen MR) is 133 cm³/mol. The maximum absolute atomic E-state index is 6.64. The average molecular weight is 473 g/mol. The Hall–Kier alpha value is -3.22. The minimum atomic E-state index is -0.288. The lowest BCUT2D eigenvalue weighted by Crippen LogP contribution is -2.32. The predicted octanol–water partition coefficient (Wildman–Crippen LogP) is 6.52. The number of ether oxygens (including phenoxy) is 1. The van der Waals surface area contributed by atoms with Crippen LogP contribution in [0.25, 0.3) is 5.70 Å². The number of fused-ring (bicyclic) bond motifs is 3. The van der Waals surface area contributed by atoms with E-state index in [0.717, 1.165) is 38.9 Å². The molecule has 2 atom stereocenters. The molecule has 0 fully saturated rings. The van der Waals surface area contributed by atoms with Gasteiger partial charge in [-0.1, -0.05) is 83.5 Å². The smallest absolute Gasteiger partial charge is 0.227 e. The molecule has 0 aliphatic carbocycles. The zero-order valence-corrected chi connectivity index (χ0v) is 19.7. The Balaban J connectivity index is 1.64. The highest BCUT2D eigenvalue weighted by Gasteiger charge is 2.41. The maximum atomic E-state index is 6.64. The SMILES string of the molecule is CSc1nc2n(n1)[C@@H](c1ccc(C)cc1)C1=C(N2)c2cc(Cl)ccc2O[C@@H]1c1ccccc1. The monoisotopic (exact) mass is 472 g/mol. The van der Waals surface area contributed by atoms with Gasteiger partial charge >= 0.3 is 0 Å². The molecule has 5 nitrogen and oxygen atoms in total. The van der Waals surface area contributed by atoms with Gasteiger partial charge in [0, 0.05) is 16.2 Å². The van der Waals surface area contributed by atoms with Gasteiger partial charge < -0.3 is 10.1 Å². The highest BCUT2D eigenvalue weighted by atomic mass is 35.5. The van der Waals surface area contributed by atoms with Crippen molar-refractivity contribution in [3.63, 3.8) is 0 Å². The largest absolute Gasteiger partial charge is 0.480 e. The number of nitrogens with one attached hydrogen (secondary N) is 1. The Bertz CT molecular complexity index is 1380. The molecule has 0 unspecified atom stereocenters. The molecule has 7 heteroatoms. The lowest BCUT2D eigenvalue weighted by molar-refractivity contribution is 0.223. The molecule has 0 saturated heterocycles. The molecule has 3 heterocycles. The van der Waals surface area contributed by atoms with Crippen LogP contribution >= 0.6 is 23.4 Å². The number of rotatable bonds is 3. The number of hydrogen-bond donors (Lipinski definition) is 1. The molecule has 0 radical (unpaired) electrons. The number of halogens is 1. The second-order valence-corrected chi connectivity index (χ2v) is 9.39. The number of anilines is 1. The summed E-state index contributed by atoms with van der Waals surface area (Å²) in [5.74, 6) is 1.50. The second kappa shape index (κ2) is 7.97. The zero-order chi connectivity index (χ0) is 22.5. The van der Waals surface area contributed by atoms with Gasteiger partial charge in [0.2, 0.25) is 11.1 Å². The van der Waals surface area contributed by atoms with Gasteiger partial charge in [0.1, 0.15) is 17.9 Å². The first-order chi connectivity index (χ1) is 16.1. The molecule has 6 rings (SSSR count). The van der Waals surface area contributed by atoms with E-state index in [1.54, 1.807) is 0 Å². The summed E-state index contributed by atoms with van der Waals surface area (Å²) in [6.45, 7) is 2.10. The van der Waals surface area contributed by atoms with Crippen LogP contribution in [0.1, 0.15) is 34.4 Å². The number of aromatic nitrogens is 3. The van der Waals surface area contributed by atoms with Crippen molar-refractivity contribution in [3.8, 4) is 5.75 Å². The summed E-state index contributed by atoms with van der Waals surface area (Å²) in [6, 6.07) is 24.5. The second-order valence-electron chi connectivity index (χ2n) is 8.18. The van der Waals surface area contributed by atoms with Gasteiger partial charge in [-0.15, -0.1) is 5.10 Å². The minimum Gasteiger partial charge on any atom is -0.480 e. The van der Waals surface area contributed by atoms with Crippen LogP contribution < -0.4 is 10.1 Å². The van der Waals surface area contributed by atoms with Crippen LogP contribution in [0, 0.1) is 6.92 Å². The molecule has 164 valence electrons. The average Bonchev–Trinajstić information content (AvgIpc) is 3.26. The molecule has 3 aromatic carbocycles. The third-order valence-electron chi connectivity index (χ3n) is 6.09. The van der Waals surface area contributed by atoms with Crippen molar-refractivity contribution < 1.29 is 4.74 Å². The molecule has 2 aliphatic heterocycles. The van der Waals surface area contributed by atoms with Gasteiger partial charge in [0.15, 0.2) is 0 Å². The lowest BCUT2D eigenvalue weighted by Gasteiger charge is -2.39. The Labute approximate surface area is 201 Å². The van der Waals surface area contributed by atoms with E-state index in [2.05, 4.69) is 48.6 Å². The molecular formula is C26H21ClN4OS. The summed E-state index contributed by atoms with van der Waals surface area (Å²) in [4.78, 5) is 4.74. The molecular weight excluding hydrogens is 452 g/mol. The first-order valence-corrected chi connectivity index (χ1v) is 12.3. The molecule has 2 aliphatic rings. The molecule has 0 bridgehead atoms. The van der Waals surface area contributed by atoms with Crippen LogP contribution in [-0.4, -0.2) is 21.0 Å². The van der Waals surface area contributed by atoms with Crippen molar-refractivity contribution in [2.75, 3.05) is 11.6 Å². The van der Waals surface area contributed by atoms with E-state index in [1.165, 1.54) is 17.3 Å². The van der Waals surface area contributed by atoms with E-state index in [4.69, 9.17) is 26.4 Å². The van der Waals surface area contributed by atoms with Crippen LogP contribution in [0.15, 0.2) is 83.5 Å². The Morgan fingerprint density at radius 2 is 1.79 bits per heavy atom. The fraction of sp³-hybridized carbons (Fsp3) is 0.154. The zero-order valence-electron chi connectivity index (χ0n) is 18.1. The van der Waals surface area contributed by atoms with E-state index in [0.29, 0.717) is 11.0 Å². The summed E-state index contributed by atoms with van der Waals surface area (Å²) in [5, 5.41) is 9.78. The third-order valence-corrected chi connectivity index (χ3v) is 6.87. The van der Waals surface area contributed by atoms with Crippen molar-refractivity contribution in [3.05, 3.63) is 106 Å². The Kier molecular flexibility index (Phi) is 4.93. The van der Waals surface area contributed by atoms with E-state index in [9.17, 15) is 0 Å². The van der Waals surface area contributed by atoms with Crippen LogP contribution in [0.5, 0.6) is 5.75 Å². The summed E-state index contributed by atoms with van der Waals surface area (Å²) in [5.41, 5.74) is 6.42. The number of hydrogen-bond acceptors (Lipinski definition) is 5. The quantitative estimate of drug-likeness (QED) is 0.344.